The summed E-state index contributed by atoms with van der Waals surface area (Å²) < 4.78 is 5.24. The first-order valence-corrected chi connectivity index (χ1v) is 7.69. The van der Waals surface area contributed by atoms with Crippen molar-refractivity contribution in [2.45, 2.75) is 20.0 Å². The lowest BCUT2D eigenvalue weighted by molar-refractivity contribution is 0.102. The van der Waals surface area contributed by atoms with Gasteiger partial charge in [0.25, 0.3) is 5.91 Å². The Hall–Kier alpha value is -1.99. The number of rotatable bonds is 5. The number of anilines is 2. The molecule has 0 saturated heterocycles. The fraction of sp³-hybridized carbons (Fsp3) is 0.400. The summed E-state index contributed by atoms with van der Waals surface area (Å²) in [6.45, 7) is 3.72. The minimum absolute atomic E-state index is 0.122. The zero-order valence-electron chi connectivity index (χ0n) is 13.4. The van der Waals surface area contributed by atoms with Crippen LogP contribution in [0.4, 0.5) is 11.5 Å². The van der Waals surface area contributed by atoms with Crippen molar-refractivity contribution < 1.29 is 9.53 Å². The lowest BCUT2D eigenvalue weighted by atomic mass is 10.3. The molecule has 7 heteroatoms. The average molecular weight is 320 g/mol. The summed E-state index contributed by atoms with van der Waals surface area (Å²) in [7, 11) is 5.50. The molecule has 0 saturated carbocycles. The summed E-state index contributed by atoms with van der Waals surface area (Å²) in [5.41, 5.74) is 1.68. The van der Waals surface area contributed by atoms with Crippen LogP contribution in [0.15, 0.2) is 18.3 Å². The maximum Gasteiger partial charge on any atom is 0.268 e. The molecule has 0 aromatic carbocycles. The summed E-state index contributed by atoms with van der Waals surface area (Å²) in [5.74, 6) is 0.319. The van der Waals surface area contributed by atoms with Crippen LogP contribution in [0.3, 0.4) is 0 Å². The molecule has 0 unspecified atom stereocenters. The van der Waals surface area contributed by atoms with Gasteiger partial charge in [0.2, 0.25) is 0 Å². The van der Waals surface area contributed by atoms with E-state index in [1.165, 1.54) is 11.3 Å². The number of nitrogens with one attached hydrogen (secondary N) is 1. The summed E-state index contributed by atoms with van der Waals surface area (Å²) >= 11 is 1.34. The van der Waals surface area contributed by atoms with Gasteiger partial charge in [-0.25, -0.2) is 9.97 Å². The van der Waals surface area contributed by atoms with Gasteiger partial charge in [0.05, 0.1) is 17.6 Å². The van der Waals surface area contributed by atoms with Crippen LogP contribution in [0.1, 0.15) is 33.4 Å². The molecule has 0 aliphatic heterocycles. The van der Waals surface area contributed by atoms with Gasteiger partial charge in [-0.1, -0.05) is 0 Å². The van der Waals surface area contributed by atoms with Gasteiger partial charge in [0.15, 0.2) is 0 Å². The van der Waals surface area contributed by atoms with Gasteiger partial charge in [-0.3, -0.25) is 4.79 Å². The van der Waals surface area contributed by atoms with Crippen LogP contribution in [-0.2, 0) is 4.74 Å². The van der Waals surface area contributed by atoms with Crippen LogP contribution in [0, 0.1) is 6.92 Å². The number of ether oxygens (including phenoxy) is 1. The summed E-state index contributed by atoms with van der Waals surface area (Å²) in [6.07, 6.45) is 1.59. The van der Waals surface area contributed by atoms with Gasteiger partial charge in [0.1, 0.15) is 21.8 Å². The lowest BCUT2D eigenvalue weighted by Crippen LogP contribution is -2.13. The molecule has 2 heterocycles. The third-order valence-electron chi connectivity index (χ3n) is 3.23. The smallest absolute Gasteiger partial charge is 0.268 e. The monoisotopic (exact) mass is 320 g/mol. The molecule has 0 fully saturated rings. The molecule has 0 aliphatic rings. The van der Waals surface area contributed by atoms with Gasteiger partial charge >= 0.3 is 0 Å². The van der Waals surface area contributed by atoms with Gasteiger partial charge in [-0.15, -0.1) is 11.3 Å². The highest BCUT2D eigenvalue weighted by Gasteiger charge is 2.18. The van der Waals surface area contributed by atoms with Crippen molar-refractivity contribution in [1.29, 1.82) is 0 Å². The molecule has 0 radical (unpaired) electrons. The van der Waals surface area contributed by atoms with Crippen molar-refractivity contribution >= 4 is 28.7 Å². The number of carbonyl (C=O) groups excluding carboxylic acids is 1. The Bertz CT molecular complexity index is 652. The Morgan fingerprint density at radius 1 is 1.41 bits per heavy atom. The first kappa shape index (κ1) is 16.4. The third-order valence-corrected chi connectivity index (χ3v) is 4.54. The number of hydrogen-bond donors (Lipinski definition) is 1. The summed E-state index contributed by atoms with van der Waals surface area (Å²) in [5, 5.41) is 3.59. The maximum atomic E-state index is 12.3. The Morgan fingerprint density at radius 2 is 2.14 bits per heavy atom. The van der Waals surface area contributed by atoms with Crippen LogP contribution in [0.25, 0.3) is 0 Å². The number of carbonyl (C=O) groups is 1. The molecular formula is C15H20N4O2S. The predicted molar refractivity (Wildman–Crippen MR) is 88.8 cm³/mol. The number of aryl methyl sites for hydroxylation is 1. The van der Waals surface area contributed by atoms with Gasteiger partial charge in [-0.05, 0) is 26.0 Å². The topological polar surface area (TPSA) is 67.3 Å². The number of methoxy groups -OCH3 is 1. The van der Waals surface area contributed by atoms with Gasteiger partial charge < -0.3 is 15.0 Å². The standard InChI is InChI=1S/C15H20N4O2S/c1-9-13(22-15(17-9)10(2)21-5)14(20)18-12-7-6-11(8-16-12)19(3)4/h6-8,10H,1-5H3,(H,16,18,20)/t10-/m0/s1. The largest absolute Gasteiger partial charge is 0.376 e. The quantitative estimate of drug-likeness (QED) is 0.917. The van der Waals surface area contributed by atoms with Crippen molar-refractivity contribution in [3.05, 3.63) is 33.9 Å². The minimum atomic E-state index is -0.199. The van der Waals surface area contributed by atoms with E-state index in [0.29, 0.717) is 16.4 Å². The molecule has 0 bridgehead atoms. The van der Waals surface area contributed by atoms with Crippen molar-refractivity contribution in [2.75, 3.05) is 31.4 Å². The molecule has 0 spiro atoms. The molecule has 0 aliphatic carbocycles. The average Bonchev–Trinajstić information content (AvgIpc) is 2.89. The summed E-state index contributed by atoms with van der Waals surface area (Å²) in [4.78, 5) is 23.5. The van der Waals surface area contributed by atoms with E-state index in [-0.39, 0.29) is 12.0 Å². The van der Waals surface area contributed by atoms with Crippen LogP contribution in [0.2, 0.25) is 0 Å². The molecule has 2 rings (SSSR count). The van der Waals surface area contributed by atoms with Gasteiger partial charge in [0, 0.05) is 21.2 Å². The number of nitrogens with zero attached hydrogens (tertiary/aromatic N) is 3. The van der Waals surface area contributed by atoms with E-state index in [2.05, 4.69) is 15.3 Å². The van der Waals surface area contributed by atoms with E-state index < -0.39 is 0 Å². The number of aromatic nitrogens is 2. The van der Waals surface area contributed by atoms with Crippen LogP contribution in [-0.4, -0.2) is 37.1 Å². The Kier molecular flexibility index (Phi) is 5.10. The number of thiazole rings is 1. The zero-order valence-corrected chi connectivity index (χ0v) is 14.2. The first-order valence-electron chi connectivity index (χ1n) is 6.87. The SMILES string of the molecule is CO[C@@H](C)c1nc(C)c(C(=O)Nc2ccc(N(C)C)cn2)s1. The molecule has 1 amide bonds. The molecule has 1 N–H and O–H groups in total. The molecule has 1 atom stereocenters. The molecule has 2 aromatic rings. The highest BCUT2D eigenvalue weighted by molar-refractivity contribution is 7.14. The van der Waals surface area contributed by atoms with E-state index in [4.69, 9.17) is 4.74 Å². The fourth-order valence-corrected chi connectivity index (χ4v) is 2.79. The molecule has 22 heavy (non-hydrogen) atoms. The van der Waals surface area contributed by atoms with Crippen molar-refractivity contribution in [2.24, 2.45) is 0 Å². The normalized spacial score (nSPS) is 12.0. The van der Waals surface area contributed by atoms with Gasteiger partial charge in [-0.2, -0.15) is 0 Å². The highest BCUT2D eigenvalue weighted by Crippen LogP contribution is 2.26. The second-order valence-corrected chi connectivity index (χ2v) is 6.13. The molecular weight excluding hydrogens is 300 g/mol. The van der Waals surface area contributed by atoms with E-state index in [9.17, 15) is 4.79 Å². The molecule has 2 aromatic heterocycles. The second-order valence-electron chi connectivity index (χ2n) is 5.09. The highest BCUT2D eigenvalue weighted by atomic mass is 32.1. The minimum Gasteiger partial charge on any atom is -0.376 e. The van der Waals surface area contributed by atoms with Crippen molar-refractivity contribution in [3.63, 3.8) is 0 Å². The number of hydrogen-bond acceptors (Lipinski definition) is 6. The Balaban J connectivity index is 2.13. The second kappa shape index (κ2) is 6.85. The number of pyridine rings is 1. The maximum absolute atomic E-state index is 12.3. The Morgan fingerprint density at radius 3 is 2.68 bits per heavy atom. The van der Waals surface area contributed by atoms with Crippen molar-refractivity contribution in [3.8, 4) is 0 Å². The van der Waals surface area contributed by atoms with E-state index in [1.807, 2.05) is 38.9 Å². The van der Waals surface area contributed by atoms with E-state index in [1.54, 1.807) is 19.4 Å². The van der Waals surface area contributed by atoms with Crippen LogP contribution in [0.5, 0.6) is 0 Å². The molecule has 118 valence electrons. The van der Waals surface area contributed by atoms with Crippen LogP contribution >= 0.6 is 11.3 Å². The predicted octanol–water partition coefficient (Wildman–Crippen LogP) is 2.87. The zero-order chi connectivity index (χ0) is 16.3. The third kappa shape index (κ3) is 3.61. The molecule has 6 nitrogen and oxygen atoms in total. The lowest BCUT2D eigenvalue weighted by Gasteiger charge is -2.12. The summed E-state index contributed by atoms with van der Waals surface area (Å²) in [6, 6.07) is 3.68. The van der Waals surface area contributed by atoms with E-state index >= 15 is 0 Å². The first-order chi connectivity index (χ1) is 10.4. The fourth-order valence-electron chi connectivity index (χ4n) is 1.80. The van der Waals surface area contributed by atoms with Crippen molar-refractivity contribution in [1.82, 2.24) is 9.97 Å². The van der Waals surface area contributed by atoms with E-state index in [0.717, 1.165) is 10.7 Å². The Labute approximate surface area is 134 Å². The number of amides is 1. The van der Waals surface area contributed by atoms with Crippen LogP contribution < -0.4 is 10.2 Å².